The molecule has 0 aliphatic rings. The molecule has 2 aromatic rings. The lowest BCUT2D eigenvalue weighted by Gasteiger charge is -2.10. The molecule has 0 aliphatic heterocycles. The molecule has 0 saturated heterocycles. The van der Waals surface area contributed by atoms with E-state index in [1.54, 1.807) is 12.1 Å². The van der Waals surface area contributed by atoms with Crippen LogP contribution in [0.3, 0.4) is 0 Å². The molecule has 20 heavy (non-hydrogen) atoms. The molecular formula is C14H18FN3O2. The molecule has 1 unspecified atom stereocenters. The van der Waals surface area contributed by atoms with Gasteiger partial charge in [-0.3, -0.25) is 0 Å². The highest BCUT2D eigenvalue weighted by atomic mass is 19.1. The molecule has 0 saturated carbocycles. The van der Waals surface area contributed by atoms with Crippen LogP contribution in [0.2, 0.25) is 0 Å². The van der Waals surface area contributed by atoms with Gasteiger partial charge in [0.05, 0.1) is 24.3 Å². The summed E-state index contributed by atoms with van der Waals surface area (Å²) in [5.41, 5.74) is 6.99. The van der Waals surface area contributed by atoms with Crippen LogP contribution in [0.5, 0.6) is 0 Å². The number of benzene rings is 1. The predicted octanol–water partition coefficient (Wildman–Crippen LogP) is 2.61. The number of nitrogens with two attached hydrogens (primary N) is 1. The smallest absolute Gasteiger partial charge is 0.260 e. The van der Waals surface area contributed by atoms with Crippen molar-refractivity contribution in [3.8, 4) is 11.5 Å². The van der Waals surface area contributed by atoms with Crippen molar-refractivity contribution in [2.75, 3.05) is 6.61 Å². The van der Waals surface area contributed by atoms with Crippen LogP contribution in [0, 0.1) is 12.7 Å². The van der Waals surface area contributed by atoms with E-state index in [9.17, 15) is 4.39 Å². The van der Waals surface area contributed by atoms with Gasteiger partial charge in [0.25, 0.3) is 5.89 Å². The van der Waals surface area contributed by atoms with E-state index in [1.165, 1.54) is 6.07 Å². The number of aromatic nitrogens is 2. The first-order valence-corrected chi connectivity index (χ1v) is 6.44. The molecule has 6 heteroatoms. The summed E-state index contributed by atoms with van der Waals surface area (Å²) < 4.78 is 24.3. The normalized spacial score (nSPS) is 12.9. The molecule has 0 spiro atoms. The largest absolute Gasteiger partial charge is 0.377 e. The van der Waals surface area contributed by atoms with Crippen LogP contribution in [0.4, 0.5) is 4.39 Å². The number of rotatable bonds is 5. The summed E-state index contributed by atoms with van der Waals surface area (Å²) in [6, 6.07) is 4.31. The molecule has 0 radical (unpaired) electrons. The average Bonchev–Trinajstić information content (AvgIpc) is 2.85. The van der Waals surface area contributed by atoms with E-state index >= 15 is 0 Å². The summed E-state index contributed by atoms with van der Waals surface area (Å²) in [7, 11) is 0. The Kier molecular flexibility index (Phi) is 4.46. The molecule has 2 rings (SSSR count). The van der Waals surface area contributed by atoms with E-state index in [2.05, 4.69) is 10.1 Å². The monoisotopic (exact) mass is 279 g/mol. The van der Waals surface area contributed by atoms with Crippen LogP contribution < -0.4 is 5.73 Å². The number of ether oxygens (including phenoxy) is 1. The molecule has 2 N–H and O–H groups in total. The molecule has 1 atom stereocenters. The van der Waals surface area contributed by atoms with E-state index in [0.717, 1.165) is 5.56 Å². The summed E-state index contributed by atoms with van der Waals surface area (Å²) in [6.45, 7) is 5.92. The highest BCUT2D eigenvalue weighted by Gasteiger charge is 2.18. The van der Waals surface area contributed by atoms with Crippen LogP contribution in [-0.4, -0.2) is 22.9 Å². The number of hydrogen-bond donors (Lipinski definition) is 1. The third-order valence-corrected chi connectivity index (χ3v) is 2.74. The summed E-state index contributed by atoms with van der Waals surface area (Å²) in [6.07, 6.45) is 0.0713. The van der Waals surface area contributed by atoms with E-state index in [4.69, 9.17) is 15.0 Å². The zero-order chi connectivity index (χ0) is 14.7. The zero-order valence-electron chi connectivity index (χ0n) is 11.8. The SMILES string of the molecule is Cc1ccc(-c2nc(C(N)COC(C)C)no2)c(F)c1. The Balaban J connectivity index is 2.16. The zero-order valence-corrected chi connectivity index (χ0v) is 11.8. The van der Waals surface area contributed by atoms with Gasteiger partial charge in [0, 0.05) is 0 Å². The standard InChI is InChI=1S/C14H18FN3O2/c1-8(2)19-7-12(16)13-17-14(20-18-13)10-5-4-9(3)6-11(10)15/h4-6,8,12H,7,16H2,1-3H3. The minimum Gasteiger partial charge on any atom is -0.377 e. The Hall–Kier alpha value is -1.79. The summed E-state index contributed by atoms with van der Waals surface area (Å²) in [5, 5.41) is 3.78. The Labute approximate surface area is 116 Å². The van der Waals surface area contributed by atoms with Gasteiger partial charge in [0.15, 0.2) is 5.82 Å². The van der Waals surface area contributed by atoms with Crippen molar-refractivity contribution in [2.45, 2.75) is 32.9 Å². The van der Waals surface area contributed by atoms with E-state index in [1.807, 2.05) is 20.8 Å². The van der Waals surface area contributed by atoms with Gasteiger partial charge >= 0.3 is 0 Å². The summed E-state index contributed by atoms with van der Waals surface area (Å²) in [5.74, 6) is 0.0327. The Bertz CT molecular complexity index is 584. The van der Waals surface area contributed by atoms with E-state index < -0.39 is 11.9 Å². The Morgan fingerprint density at radius 2 is 2.15 bits per heavy atom. The minimum atomic E-state index is -0.497. The summed E-state index contributed by atoms with van der Waals surface area (Å²) in [4.78, 5) is 4.13. The first-order valence-electron chi connectivity index (χ1n) is 6.44. The average molecular weight is 279 g/mol. The molecule has 0 fully saturated rings. The molecule has 1 aromatic heterocycles. The summed E-state index contributed by atoms with van der Waals surface area (Å²) >= 11 is 0. The Morgan fingerprint density at radius 1 is 1.40 bits per heavy atom. The third-order valence-electron chi connectivity index (χ3n) is 2.74. The number of halogens is 1. The van der Waals surface area contributed by atoms with Crippen molar-refractivity contribution < 1.29 is 13.7 Å². The lowest BCUT2D eigenvalue weighted by Crippen LogP contribution is -2.20. The lowest BCUT2D eigenvalue weighted by atomic mass is 10.1. The fourth-order valence-electron chi connectivity index (χ4n) is 1.66. The van der Waals surface area contributed by atoms with Gasteiger partial charge < -0.3 is 15.0 Å². The second-order valence-corrected chi connectivity index (χ2v) is 4.93. The first-order chi connectivity index (χ1) is 9.47. The van der Waals surface area contributed by atoms with Crippen molar-refractivity contribution in [1.82, 2.24) is 10.1 Å². The van der Waals surface area contributed by atoms with Gasteiger partial charge in [-0.05, 0) is 38.5 Å². The highest BCUT2D eigenvalue weighted by molar-refractivity contribution is 5.54. The minimum absolute atomic E-state index is 0.0713. The fourth-order valence-corrected chi connectivity index (χ4v) is 1.66. The third kappa shape index (κ3) is 3.40. The molecule has 0 aliphatic carbocycles. The van der Waals surface area contributed by atoms with E-state index in [0.29, 0.717) is 5.82 Å². The quantitative estimate of drug-likeness (QED) is 0.910. The van der Waals surface area contributed by atoms with Crippen molar-refractivity contribution in [2.24, 2.45) is 5.73 Å². The van der Waals surface area contributed by atoms with Gasteiger partial charge in [0.1, 0.15) is 5.82 Å². The maximum absolute atomic E-state index is 13.8. The number of nitrogens with zero attached hydrogens (tertiary/aromatic N) is 2. The predicted molar refractivity (Wildman–Crippen MR) is 72.4 cm³/mol. The first kappa shape index (κ1) is 14.6. The topological polar surface area (TPSA) is 74.2 Å². The van der Waals surface area contributed by atoms with Gasteiger partial charge in [-0.15, -0.1) is 0 Å². The van der Waals surface area contributed by atoms with Crippen LogP contribution in [0.1, 0.15) is 31.3 Å². The number of aryl methyl sites for hydroxylation is 1. The van der Waals surface area contributed by atoms with Gasteiger partial charge in [-0.25, -0.2) is 4.39 Å². The van der Waals surface area contributed by atoms with Gasteiger partial charge in [-0.2, -0.15) is 4.98 Å². The van der Waals surface area contributed by atoms with Crippen LogP contribution in [0.15, 0.2) is 22.7 Å². The molecular weight excluding hydrogens is 261 g/mol. The van der Waals surface area contributed by atoms with Crippen molar-refractivity contribution >= 4 is 0 Å². The van der Waals surface area contributed by atoms with Crippen molar-refractivity contribution in [1.29, 1.82) is 0 Å². The highest BCUT2D eigenvalue weighted by Crippen LogP contribution is 2.23. The number of hydrogen-bond acceptors (Lipinski definition) is 5. The molecule has 0 bridgehead atoms. The van der Waals surface area contributed by atoms with E-state index in [-0.39, 0.29) is 24.2 Å². The maximum Gasteiger partial charge on any atom is 0.260 e. The van der Waals surface area contributed by atoms with Crippen LogP contribution in [0.25, 0.3) is 11.5 Å². The molecule has 1 aromatic carbocycles. The second-order valence-electron chi connectivity index (χ2n) is 4.93. The lowest BCUT2D eigenvalue weighted by molar-refractivity contribution is 0.0665. The van der Waals surface area contributed by atoms with Crippen LogP contribution >= 0.6 is 0 Å². The molecule has 5 nitrogen and oxygen atoms in total. The van der Waals surface area contributed by atoms with Gasteiger partial charge in [-0.1, -0.05) is 11.2 Å². The fraction of sp³-hybridized carbons (Fsp3) is 0.429. The van der Waals surface area contributed by atoms with Gasteiger partial charge in [0.2, 0.25) is 0 Å². The van der Waals surface area contributed by atoms with Crippen molar-refractivity contribution in [3.63, 3.8) is 0 Å². The molecule has 1 heterocycles. The maximum atomic E-state index is 13.8. The second kappa shape index (κ2) is 6.11. The molecule has 108 valence electrons. The molecule has 0 amide bonds. The van der Waals surface area contributed by atoms with Crippen molar-refractivity contribution in [3.05, 3.63) is 35.4 Å². The van der Waals surface area contributed by atoms with Crippen LogP contribution in [-0.2, 0) is 4.74 Å². The Morgan fingerprint density at radius 3 is 2.80 bits per heavy atom.